The topological polar surface area (TPSA) is 117 Å². The van der Waals surface area contributed by atoms with Crippen LogP contribution < -0.4 is 0 Å². The van der Waals surface area contributed by atoms with Crippen LogP contribution in [0.25, 0.3) is 0 Å². The quantitative estimate of drug-likeness (QED) is 0.188. The molecule has 0 aromatic rings. The van der Waals surface area contributed by atoms with Crippen LogP contribution >= 0.6 is 0 Å². The lowest BCUT2D eigenvalue weighted by Crippen LogP contribution is -2.38. The third kappa shape index (κ3) is 14.2. The molecule has 4 unspecified atom stereocenters. The van der Waals surface area contributed by atoms with Crippen LogP contribution in [0.15, 0.2) is 40.9 Å². The van der Waals surface area contributed by atoms with Crippen LogP contribution in [0.2, 0.25) is 0 Å². The van der Waals surface area contributed by atoms with Gasteiger partial charge in [-0.15, -0.1) is 0 Å². The average Bonchev–Trinajstić information content (AvgIpc) is 3.43. The minimum Gasteiger partial charge on any atom is -0.324 e. The fourth-order valence-corrected chi connectivity index (χ4v) is 4.09. The van der Waals surface area contributed by atoms with Crippen molar-refractivity contribution < 1.29 is 9.47 Å². The van der Waals surface area contributed by atoms with Gasteiger partial charge in [0.05, 0.1) is 24.2 Å². The Morgan fingerprint density at radius 2 is 0.784 bits per heavy atom. The van der Waals surface area contributed by atoms with Crippen molar-refractivity contribution in [2.24, 2.45) is 52.7 Å². The summed E-state index contributed by atoms with van der Waals surface area (Å²) in [6, 6.07) is 0.352. The number of ether oxygens (including phenoxy) is 2. The first-order valence-electron chi connectivity index (χ1n) is 13.8. The monoisotopic (exact) mass is 522 g/mol. The van der Waals surface area contributed by atoms with Gasteiger partial charge in [-0.1, -0.05) is 0 Å². The summed E-state index contributed by atoms with van der Waals surface area (Å²) in [5.74, 6) is 0.790. The van der Waals surface area contributed by atoms with Gasteiger partial charge in [-0.3, -0.25) is 0 Å². The van der Waals surface area contributed by atoms with Crippen LogP contribution in [0.3, 0.4) is 0 Å². The highest BCUT2D eigenvalue weighted by molar-refractivity contribution is 4.96. The summed E-state index contributed by atoms with van der Waals surface area (Å²) in [7, 11) is 0. The predicted octanol–water partition coefficient (Wildman–Crippen LogP) is 8.78. The predicted molar refractivity (Wildman–Crippen MR) is 148 cm³/mol. The summed E-state index contributed by atoms with van der Waals surface area (Å²) < 4.78 is 12.9. The second kappa shape index (κ2) is 13.4. The third-order valence-electron chi connectivity index (χ3n) is 5.35. The van der Waals surface area contributed by atoms with Gasteiger partial charge in [-0.05, 0) is 115 Å². The van der Waals surface area contributed by atoms with Crippen molar-refractivity contribution in [3.05, 3.63) is 0 Å². The summed E-state index contributed by atoms with van der Waals surface area (Å²) in [6.07, 6.45) is 2.49. The van der Waals surface area contributed by atoms with Crippen molar-refractivity contribution in [2.45, 2.75) is 163 Å². The van der Waals surface area contributed by atoms with E-state index in [-0.39, 0.29) is 24.2 Å². The number of azo groups is 4. The van der Waals surface area contributed by atoms with Crippen molar-refractivity contribution in [1.82, 2.24) is 0 Å². The zero-order valence-corrected chi connectivity index (χ0v) is 26.0. The van der Waals surface area contributed by atoms with Crippen LogP contribution in [0.4, 0.5) is 0 Å². The molecule has 0 N–H and O–H groups in total. The van der Waals surface area contributed by atoms with Crippen LogP contribution in [-0.4, -0.2) is 47.1 Å². The molecule has 1 aliphatic carbocycles. The largest absolute Gasteiger partial charge is 0.324 e. The van der Waals surface area contributed by atoms with Crippen molar-refractivity contribution in [2.75, 3.05) is 0 Å². The highest BCUT2D eigenvalue weighted by Gasteiger charge is 2.49. The maximum atomic E-state index is 6.45. The molecule has 4 atom stereocenters. The molecule has 214 valence electrons. The fraction of sp³-hybridized carbons (Fsp3) is 1.00. The number of hydrogen-bond acceptors (Lipinski definition) is 10. The Labute approximate surface area is 225 Å². The normalized spacial score (nSPS) is 23.1. The Morgan fingerprint density at radius 3 is 1.05 bits per heavy atom. The fourth-order valence-electron chi connectivity index (χ4n) is 4.09. The average molecular weight is 523 g/mol. The maximum Gasteiger partial charge on any atom is 0.179 e. The molecule has 0 amide bonds. The lowest BCUT2D eigenvalue weighted by molar-refractivity contribution is -0.142. The number of nitrogens with zero attached hydrogens (tertiary/aromatic N) is 8. The first-order chi connectivity index (χ1) is 16.8. The van der Waals surface area contributed by atoms with Crippen molar-refractivity contribution >= 4 is 0 Å². The van der Waals surface area contributed by atoms with Crippen molar-refractivity contribution in [3.63, 3.8) is 0 Å². The van der Waals surface area contributed by atoms with Gasteiger partial charge < -0.3 is 9.47 Å². The van der Waals surface area contributed by atoms with Gasteiger partial charge in [0.25, 0.3) is 0 Å². The van der Waals surface area contributed by atoms with Gasteiger partial charge in [0, 0.05) is 12.8 Å². The van der Waals surface area contributed by atoms with Gasteiger partial charge in [0.1, 0.15) is 0 Å². The summed E-state index contributed by atoms with van der Waals surface area (Å²) in [5.41, 5.74) is -3.25. The highest BCUT2D eigenvalue weighted by atomic mass is 16.6. The molecule has 0 aliphatic heterocycles. The SMILES string of the molecule is CC(C)N=NC(C)(C)OC(C)(CC1CC1CC(C)(N=NC(C)C)OC(C)(C)N=NC(C)C)N=NC(C)C. The van der Waals surface area contributed by atoms with E-state index in [4.69, 9.17) is 9.47 Å². The van der Waals surface area contributed by atoms with E-state index in [1.165, 1.54) is 0 Å². The molecule has 0 aromatic carbocycles. The third-order valence-corrected chi connectivity index (χ3v) is 5.35. The molecular formula is C27H54N8O2. The summed E-state index contributed by atoms with van der Waals surface area (Å²) in [6.45, 7) is 27.6. The Bertz CT molecular complexity index is 753. The van der Waals surface area contributed by atoms with Gasteiger partial charge >= 0.3 is 0 Å². The van der Waals surface area contributed by atoms with Crippen molar-refractivity contribution in [1.29, 1.82) is 0 Å². The first kappa shape index (κ1) is 33.3. The molecule has 1 saturated carbocycles. The van der Waals surface area contributed by atoms with Crippen LogP contribution in [0.1, 0.15) is 116 Å². The zero-order chi connectivity index (χ0) is 28.7. The second-order valence-electron chi connectivity index (χ2n) is 12.8. The van der Waals surface area contributed by atoms with E-state index in [9.17, 15) is 0 Å². The zero-order valence-electron chi connectivity index (χ0n) is 26.0. The molecule has 37 heavy (non-hydrogen) atoms. The Balaban J connectivity index is 3.07. The van der Waals surface area contributed by atoms with Gasteiger partial charge in [-0.25, -0.2) is 0 Å². The number of hydrogen-bond donors (Lipinski definition) is 0. The summed E-state index contributed by atoms with van der Waals surface area (Å²) in [5, 5.41) is 35.6. The lowest BCUT2D eigenvalue weighted by atomic mass is 10.0. The number of rotatable bonds is 16. The van der Waals surface area contributed by atoms with E-state index in [0.29, 0.717) is 11.8 Å². The van der Waals surface area contributed by atoms with Gasteiger partial charge in [-0.2, -0.15) is 40.9 Å². The van der Waals surface area contributed by atoms with E-state index in [1.807, 2.05) is 96.9 Å². The molecule has 0 saturated heterocycles. The summed E-state index contributed by atoms with van der Waals surface area (Å²) in [4.78, 5) is 0. The molecule has 0 aromatic heterocycles. The molecular weight excluding hydrogens is 468 g/mol. The molecule has 1 aliphatic rings. The van der Waals surface area contributed by atoms with Gasteiger partial charge in [0.15, 0.2) is 22.9 Å². The van der Waals surface area contributed by atoms with E-state index in [1.54, 1.807) is 0 Å². The minimum atomic E-state index is -0.815. The maximum absolute atomic E-state index is 6.45. The molecule has 0 radical (unpaired) electrons. The van der Waals surface area contributed by atoms with Gasteiger partial charge in [0.2, 0.25) is 0 Å². The first-order valence-corrected chi connectivity index (χ1v) is 13.8. The Morgan fingerprint density at radius 1 is 0.514 bits per heavy atom. The smallest absolute Gasteiger partial charge is 0.179 e. The second-order valence-corrected chi connectivity index (χ2v) is 12.8. The van der Waals surface area contributed by atoms with E-state index in [0.717, 1.165) is 19.3 Å². The Hall–Kier alpha value is -1.68. The lowest BCUT2D eigenvalue weighted by Gasteiger charge is -2.33. The molecule has 0 spiro atoms. The molecule has 10 nitrogen and oxygen atoms in total. The van der Waals surface area contributed by atoms with Crippen LogP contribution in [-0.2, 0) is 9.47 Å². The molecule has 0 bridgehead atoms. The van der Waals surface area contributed by atoms with Crippen molar-refractivity contribution in [3.8, 4) is 0 Å². The van der Waals surface area contributed by atoms with E-state index >= 15 is 0 Å². The van der Waals surface area contributed by atoms with E-state index in [2.05, 4.69) is 40.9 Å². The van der Waals surface area contributed by atoms with E-state index < -0.39 is 22.9 Å². The standard InChI is InChI=1S/C27H54N8O2/c1-18(2)28-32-24(9,10)36-26(13,34-30-20(5)6)16-22-15-23(22)17-27(14,35-31-21(7)8)37-25(11,12)33-29-19(3)4/h18-23H,15-17H2,1-14H3. The Kier molecular flexibility index (Phi) is 12.1. The van der Waals surface area contributed by atoms with Crippen LogP contribution in [0, 0.1) is 11.8 Å². The van der Waals surface area contributed by atoms with Crippen LogP contribution in [0.5, 0.6) is 0 Å². The molecule has 1 rings (SSSR count). The molecule has 10 heteroatoms. The summed E-state index contributed by atoms with van der Waals surface area (Å²) >= 11 is 0. The molecule has 1 fully saturated rings. The molecule has 0 heterocycles. The minimum absolute atomic E-state index is 0.0775. The highest BCUT2D eigenvalue weighted by Crippen LogP contribution is 2.51.